The van der Waals surface area contributed by atoms with Crippen molar-refractivity contribution in [3.63, 3.8) is 0 Å². The van der Waals surface area contributed by atoms with Gasteiger partial charge in [0, 0.05) is 31.2 Å². The van der Waals surface area contributed by atoms with Gasteiger partial charge in [0.25, 0.3) is 5.91 Å². The molecule has 1 unspecified atom stereocenters. The number of hydrogen-bond donors (Lipinski definition) is 0. The molecule has 1 aromatic carbocycles. The fraction of sp³-hybridized carbons (Fsp3) is 0.458. The molecule has 2 fully saturated rings. The second-order valence-electron chi connectivity index (χ2n) is 8.44. The van der Waals surface area contributed by atoms with Gasteiger partial charge in [-0.15, -0.1) is 11.3 Å². The Kier molecular flexibility index (Phi) is 5.67. The third kappa shape index (κ3) is 3.81. The zero-order chi connectivity index (χ0) is 20.3. The molecule has 1 amide bonds. The van der Waals surface area contributed by atoms with Crippen LogP contribution in [-0.4, -0.2) is 46.5 Å². The van der Waals surface area contributed by atoms with Crippen molar-refractivity contribution in [3.8, 4) is 0 Å². The van der Waals surface area contributed by atoms with Gasteiger partial charge in [0.05, 0.1) is 10.2 Å². The van der Waals surface area contributed by atoms with E-state index >= 15 is 0 Å². The zero-order valence-electron chi connectivity index (χ0n) is 17.2. The number of anilines is 1. The lowest BCUT2D eigenvalue weighted by molar-refractivity contribution is 0.0588. The van der Waals surface area contributed by atoms with Crippen molar-refractivity contribution in [2.45, 2.75) is 44.6 Å². The van der Waals surface area contributed by atoms with E-state index in [2.05, 4.69) is 31.2 Å². The van der Waals surface area contributed by atoms with Crippen LogP contribution in [-0.2, 0) is 0 Å². The average molecular weight is 421 g/mol. The number of aromatic nitrogens is 2. The number of likely N-dealkylation sites (tertiary alicyclic amines) is 1. The van der Waals surface area contributed by atoms with Gasteiger partial charge >= 0.3 is 0 Å². The summed E-state index contributed by atoms with van der Waals surface area (Å²) in [6, 6.07) is 12.2. The lowest BCUT2D eigenvalue weighted by atomic mass is 9.86. The maximum atomic E-state index is 13.3. The Balaban J connectivity index is 1.32. The van der Waals surface area contributed by atoms with Gasteiger partial charge in [0.15, 0.2) is 0 Å². The number of amides is 1. The molecule has 30 heavy (non-hydrogen) atoms. The number of thiophene rings is 1. The molecule has 2 aromatic heterocycles. The molecule has 4 heterocycles. The van der Waals surface area contributed by atoms with Crippen LogP contribution in [0.4, 0.5) is 5.82 Å². The first kappa shape index (κ1) is 19.5. The summed E-state index contributed by atoms with van der Waals surface area (Å²) in [6.07, 6.45) is 8.61. The van der Waals surface area contributed by atoms with Crippen LogP contribution in [0.1, 0.15) is 48.9 Å². The smallest absolute Gasteiger partial charge is 0.254 e. The molecule has 0 radical (unpaired) electrons. The Morgan fingerprint density at radius 3 is 2.60 bits per heavy atom. The molecule has 0 spiro atoms. The van der Waals surface area contributed by atoms with Crippen molar-refractivity contribution in [2.75, 3.05) is 24.5 Å². The predicted octanol–water partition coefficient (Wildman–Crippen LogP) is 4.99. The molecule has 2 saturated heterocycles. The zero-order valence-corrected chi connectivity index (χ0v) is 18.1. The van der Waals surface area contributed by atoms with Crippen molar-refractivity contribution in [1.29, 1.82) is 0 Å². The second-order valence-corrected chi connectivity index (χ2v) is 9.35. The summed E-state index contributed by atoms with van der Waals surface area (Å²) in [5.41, 5.74) is 1.86. The van der Waals surface area contributed by atoms with E-state index in [4.69, 9.17) is 0 Å². The highest BCUT2D eigenvalue weighted by atomic mass is 32.1. The third-order valence-electron chi connectivity index (χ3n) is 6.69. The Hall–Kier alpha value is -2.47. The number of carbonyl (C=O) groups excluding carboxylic acids is 1. The minimum atomic E-state index is 0.209. The molecule has 1 atom stereocenters. The van der Waals surface area contributed by atoms with E-state index < -0.39 is 0 Å². The number of rotatable bonds is 3. The first-order valence-electron chi connectivity index (χ1n) is 11.1. The molecule has 5 nitrogen and oxygen atoms in total. The van der Waals surface area contributed by atoms with Crippen LogP contribution >= 0.6 is 11.3 Å². The molecule has 0 bridgehead atoms. The molecule has 5 rings (SSSR count). The fourth-order valence-electron chi connectivity index (χ4n) is 5.12. The summed E-state index contributed by atoms with van der Waals surface area (Å²) in [6.45, 7) is 2.89. The highest BCUT2D eigenvalue weighted by Crippen LogP contribution is 2.34. The normalized spacial score (nSPS) is 21.0. The largest absolute Gasteiger partial charge is 0.355 e. The number of benzene rings is 1. The summed E-state index contributed by atoms with van der Waals surface area (Å²) >= 11 is 1.72. The molecular formula is C24H28N4OS. The van der Waals surface area contributed by atoms with E-state index in [0.29, 0.717) is 12.0 Å². The van der Waals surface area contributed by atoms with Gasteiger partial charge in [-0.1, -0.05) is 31.0 Å². The van der Waals surface area contributed by atoms with Crippen molar-refractivity contribution in [1.82, 2.24) is 14.9 Å². The van der Waals surface area contributed by atoms with Crippen molar-refractivity contribution < 1.29 is 4.79 Å². The summed E-state index contributed by atoms with van der Waals surface area (Å²) in [7, 11) is 0. The Bertz CT molecular complexity index is 997. The minimum absolute atomic E-state index is 0.209. The van der Waals surface area contributed by atoms with E-state index in [1.54, 1.807) is 17.7 Å². The van der Waals surface area contributed by atoms with Gasteiger partial charge in [-0.3, -0.25) is 4.79 Å². The van der Waals surface area contributed by atoms with Gasteiger partial charge < -0.3 is 9.80 Å². The van der Waals surface area contributed by atoms with Gasteiger partial charge in [-0.05, 0) is 55.2 Å². The average Bonchev–Trinajstić information content (AvgIpc) is 3.16. The number of nitrogens with zero attached hydrogens (tertiary/aromatic N) is 4. The molecule has 156 valence electrons. The van der Waals surface area contributed by atoms with Crippen LogP contribution in [0.15, 0.2) is 48.1 Å². The third-order valence-corrected chi connectivity index (χ3v) is 7.59. The first-order chi connectivity index (χ1) is 14.8. The maximum absolute atomic E-state index is 13.3. The molecule has 6 heteroatoms. The van der Waals surface area contributed by atoms with E-state index in [1.165, 1.54) is 17.5 Å². The van der Waals surface area contributed by atoms with Gasteiger partial charge in [-0.25, -0.2) is 9.97 Å². The lowest BCUT2D eigenvalue weighted by Gasteiger charge is -2.41. The van der Waals surface area contributed by atoms with Crippen LogP contribution in [0.25, 0.3) is 10.2 Å². The molecule has 2 aliphatic rings. The van der Waals surface area contributed by atoms with Crippen LogP contribution in [0.2, 0.25) is 0 Å². The van der Waals surface area contributed by atoms with E-state index in [9.17, 15) is 4.79 Å². The van der Waals surface area contributed by atoms with Gasteiger partial charge in [-0.2, -0.15) is 0 Å². The summed E-state index contributed by atoms with van der Waals surface area (Å²) < 4.78 is 1.19. The fourth-order valence-corrected chi connectivity index (χ4v) is 5.98. The number of piperidine rings is 1. The summed E-state index contributed by atoms with van der Waals surface area (Å²) in [4.78, 5) is 26.9. The van der Waals surface area contributed by atoms with Crippen LogP contribution in [0.5, 0.6) is 0 Å². The summed E-state index contributed by atoms with van der Waals surface area (Å²) in [5.74, 6) is 1.85. The molecular weight excluding hydrogens is 392 g/mol. The van der Waals surface area contributed by atoms with Crippen molar-refractivity contribution >= 4 is 33.3 Å². The monoisotopic (exact) mass is 420 g/mol. The Labute approximate surface area is 181 Å². The van der Waals surface area contributed by atoms with E-state index in [0.717, 1.165) is 62.2 Å². The van der Waals surface area contributed by atoms with Crippen LogP contribution in [0.3, 0.4) is 0 Å². The van der Waals surface area contributed by atoms with E-state index in [1.807, 2.05) is 30.3 Å². The first-order valence-corrected chi connectivity index (χ1v) is 12.0. The topological polar surface area (TPSA) is 49.3 Å². The van der Waals surface area contributed by atoms with Crippen LogP contribution in [0, 0.1) is 5.92 Å². The number of carbonyl (C=O) groups is 1. The Morgan fingerprint density at radius 2 is 1.77 bits per heavy atom. The second kappa shape index (κ2) is 8.72. The minimum Gasteiger partial charge on any atom is -0.355 e. The van der Waals surface area contributed by atoms with Crippen molar-refractivity contribution in [3.05, 3.63) is 53.7 Å². The quantitative estimate of drug-likeness (QED) is 0.599. The molecule has 3 aromatic rings. The Morgan fingerprint density at radius 1 is 0.933 bits per heavy atom. The molecule has 0 saturated carbocycles. The molecule has 0 aliphatic carbocycles. The summed E-state index contributed by atoms with van der Waals surface area (Å²) in [5, 5.41) is 2.09. The van der Waals surface area contributed by atoms with Crippen molar-refractivity contribution in [2.24, 2.45) is 5.92 Å². The standard InChI is InChI=1S/C24H28N4OS/c29-24(19-7-3-1-4-8-19)28-13-6-2-5-9-21(28)18-10-14-27(15-11-18)23-22-20(12-16-30-22)25-17-26-23/h1,3-4,7-8,12,16-18,21H,2,5-6,9-11,13-15H2. The molecule has 0 N–H and O–H groups in total. The highest BCUT2D eigenvalue weighted by molar-refractivity contribution is 7.17. The predicted molar refractivity (Wildman–Crippen MR) is 122 cm³/mol. The highest BCUT2D eigenvalue weighted by Gasteiger charge is 2.34. The van der Waals surface area contributed by atoms with Crippen LogP contribution < -0.4 is 4.90 Å². The molecule has 2 aliphatic heterocycles. The van der Waals surface area contributed by atoms with E-state index in [-0.39, 0.29) is 5.91 Å². The SMILES string of the molecule is O=C(c1ccccc1)N1CCCCCC1C1CCN(c2ncnc3ccsc23)CC1. The maximum Gasteiger partial charge on any atom is 0.254 e. The van der Waals surface area contributed by atoms with Gasteiger partial charge in [0.1, 0.15) is 12.1 Å². The number of hydrogen-bond acceptors (Lipinski definition) is 5. The lowest BCUT2D eigenvalue weighted by Crippen LogP contribution is -2.48. The number of fused-ring (bicyclic) bond motifs is 1. The van der Waals surface area contributed by atoms with Gasteiger partial charge in [0.2, 0.25) is 0 Å².